The van der Waals surface area contributed by atoms with Crippen LogP contribution in [0.4, 0.5) is 25.1 Å². The van der Waals surface area contributed by atoms with Gasteiger partial charge in [0.25, 0.3) is 0 Å². The summed E-state index contributed by atoms with van der Waals surface area (Å²) < 4.78 is 29.9. The molecule has 3 aromatic rings. The summed E-state index contributed by atoms with van der Waals surface area (Å²) in [6.07, 6.45) is 5.01. The maximum absolute atomic E-state index is 14.5. The van der Waals surface area contributed by atoms with Crippen LogP contribution in [0, 0.1) is 11.6 Å². The van der Waals surface area contributed by atoms with E-state index >= 15 is 0 Å². The number of urea groups is 1. The fourth-order valence-corrected chi connectivity index (χ4v) is 5.28. The molecule has 0 saturated carbocycles. The number of nitrogens with zero attached hydrogens (tertiary/aromatic N) is 6. The van der Waals surface area contributed by atoms with Gasteiger partial charge in [0.1, 0.15) is 23.1 Å². The van der Waals surface area contributed by atoms with Gasteiger partial charge in [-0.3, -0.25) is 4.90 Å². The van der Waals surface area contributed by atoms with Crippen molar-refractivity contribution < 1.29 is 18.7 Å². The molecule has 3 saturated heterocycles. The molecule has 0 spiro atoms. The maximum atomic E-state index is 14.5. The Bertz CT molecular complexity index is 1220. The normalized spacial score (nSPS) is 25.4. The Morgan fingerprint density at radius 3 is 2.84 bits per heavy atom. The molecule has 10 heteroatoms. The molecule has 5 heterocycles. The lowest BCUT2D eigenvalue weighted by Crippen LogP contribution is -2.33. The number of carbonyl (C=O) groups is 1. The molecule has 1 N–H and O–H groups in total. The molecule has 0 radical (unpaired) electrons. The van der Waals surface area contributed by atoms with Crippen LogP contribution in [0.1, 0.15) is 30.9 Å². The summed E-state index contributed by atoms with van der Waals surface area (Å²) in [6, 6.07) is 4.86. The summed E-state index contributed by atoms with van der Waals surface area (Å²) in [5.41, 5.74) is 1.46. The number of aromatic nitrogens is 3. The van der Waals surface area contributed by atoms with Gasteiger partial charge in [-0.05, 0) is 43.5 Å². The second-order valence-corrected chi connectivity index (χ2v) is 8.69. The molecule has 8 nitrogen and oxygen atoms in total. The highest BCUT2D eigenvalue weighted by atomic mass is 19.1. The standard InChI is InChI=1S/C22H22F2N6O2/c23-13-3-4-17(24)16(8-13)18-2-1-6-27(18)20-5-7-30-21(26-20)19(10-25-30)29-11-14-9-15(31)12-28(14)22(29)32/h3-5,7-8,10,14-15,18,31H,1-2,6,9,11-12H2/t14?,15-,18+/m0/s1. The summed E-state index contributed by atoms with van der Waals surface area (Å²) in [5.74, 6) is -0.263. The van der Waals surface area contributed by atoms with Crippen LogP contribution >= 0.6 is 0 Å². The third-order valence-corrected chi connectivity index (χ3v) is 6.75. The molecule has 3 fully saturated rings. The topological polar surface area (TPSA) is 77.2 Å². The summed E-state index contributed by atoms with van der Waals surface area (Å²) in [5, 5.41) is 14.2. The van der Waals surface area contributed by atoms with E-state index in [2.05, 4.69) is 5.10 Å². The van der Waals surface area contributed by atoms with Crippen LogP contribution in [0.25, 0.3) is 5.65 Å². The Kier molecular flexibility index (Phi) is 4.32. The average Bonchev–Trinajstić information content (AvgIpc) is 3.54. The predicted molar refractivity (Wildman–Crippen MR) is 113 cm³/mol. The summed E-state index contributed by atoms with van der Waals surface area (Å²) in [7, 11) is 0. The van der Waals surface area contributed by atoms with E-state index in [1.807, 2.05) is 4.90 Å². The van der Waals surface area contributed by atoms with Crippen LogP contribution in [0.15, 0.2) is 36.7 Å². The zero-order valence-electron chi connectivity index (χ0n) is 17.2. The van der Waals surface area contributed by atoms with E-state index in [-0.39, 0.29) is 18.1 Å². The van der Waals surface area contributed by atoms with E-state index in [1.54, 1.807) is 32.8 Å². The molecule has 166 valence electrons. The highest BCUT2D eigenvalue weighted by Gasteiger charge is 2.45. The van der Waals surface area contributed by atoms with Crippen molar-refractivity contribution in [2.45, 2.75) is 37.5 Å². The molecule has 3 aliphatic rings. The SMILES string of the molecule is O=C1N(c2cnn3ccc(N4CCC[C@@H]4c4cc(F)ccc4F)nc23)CC2C[C@H](O)CN12. The number of hydrogen-bond donors (Lipinski definition) is 1. The summed E-state index contributed by atoms with van der Waals surface area (Å²) in [6.45, 7) is 1.49. The Morgan fingerprint density at radius 1 is 1.12 bits per heavy atom. The molecular formula is C22H22F2N6O2. The molecular weight excluding hydrogens is 418 g/mol. The first-order chi connectivity index (χ1) is 15.5. The minimum Gasteiger partial charge on any atom is -0.391 e. The molecule has 3 aliphatic heterocycles. The number of amides is 2. The first-order valence-electron chi connectivity index (χ1n) is 10.8. The smallest absolute Gasteiger partial charge is 0.325 e. The molecule has 1 aromatic carbocycles. The van der Waals surface area contributed by atoms with Crippen molar-refractivity contribution in [2.75, 3.05) is 29.4 Å². The molecule has 0 aliphatic carbocycles. The number of halogens is 2. The van der Waals surface area contributed by atoms with Crippen molar-refractivity contribution in [3.63, 3.8) is 0 Å². The zero-order valence-corrected chi connectivity index (χ0v) is 17.2. The Hall–Kier alpha value is -3.27. The number of benzene rings is 1. The fraction of sp³-hybridized carbons (Fsp3) is 0.409. The monoisotopic (exact) mass is 440 g/mol. The van der Waals surface area contributed by atoms with Crippen molar-refractivity contribution >= 4 is 23.2 Å². The van der Waals surface area contributed by atoms with Crippen molar-refractivity contribution in [1.82, 2.24) is 19.5 Å². The van der Waals surface area contributed by atoms with E-state index in [0.29, 0.717) is 55.2 Å². The fourth-order valence-electron chi connectivity index (χ4n) is 5.28. The van der Waals surface area contributed by atoms with E-state index in [4.69, 9.17) is 4.98 Å². The Labute approximate surface area is 182 Å². The van der Waals surface area contributed by atoms with Gasteiger partial charge in [-0.1, -0.05) is 0 Å². The lowest BCUT2D eigenvalue weighted by atomic mass is 10.0. The molecule has 0 bridgehead atoms. The average molecular weight is 440 g/mol. The summed E-state index contributed by atoms with van der Waals surface area (Å²) >= 11 is 0. The quantitative estimate of drug-likeness (QED) is 0.678. The van der Waals surface area contributed by atoms with Crippen molar-refractivity contribution in [2.24, 2.45) is 0 Å². The van der Waals surface area contributed by atoms with Gasteiger partial charge in [0.2, 0.25) is 0 Å². The third kappa shape index (κ3) is 2.93. The van der Waals surface area contributed by atoms with Gasteiger partial charge in [-0.2, -0.15) is 5.10 Å². The number of aliphatic hydroxyl groups excluding tert-OH is 1. The highest BCUT2D eigenvalue weighted by Crippen LogP contribution is 2.38. The molecule has 2 aromatic heterocycles. The van der Waals surface area contributed by atoms with Gasteiger partial charge >= 0.3 is 6.03 Å². The lowest BCUT2D eigenvalue weighted by molar-refractivity contribution is 0.176. The number of fused-ring (bicyclic) bond motifs is 2. The first kappa shape index (κ1) is 19.4. The Balaban J connectivity index is 1.35. The van der Waals surface area contributed by atoms with Crippen LogP contribution in [0.2, 0.25) is 0 Å². The third-order valence-electron chi connectivity index (χ3n) is 6.75. The number of carbonyl (C=O) groups excluding carboxylic acids is 1. The lowest BCUT2D eigenvalue weighted by Gasteiger charge is -2.26. The largest absolute Gasteiger partial charge is 0.391 e. The first-order valence-corrected chi connectivity index (χ1v) is 10.8. The second-order valence-electron chi connectivity index (χ2n) is 8.69. The second kappa shape index (κ2) is 7.13. The maximum Gasteiger partial charge on any atom is 0.325 e. The van der Waals surface area contributed by atoms with E-state index in [0.717, 1.165) is 18.6 Å². The zero-order chi connectivity index (χ0) is 22.0. The molecule has 1 unspecified atom stereocenters. The predicted octanol–water partition coefficient (Wildman–Crippen LogP) is 2.72. The summed E-state index contributed by atoms with van der Waals surface area (Å²) in [4.78, 5) is 23.0. The van der Waals surface area contributed by atoms with Crippen LogP contribution in [0.5, 0.6) is 0 Å². The van der Waals surface area contributed by atoms with Crippen molar-refractivity contribution in [3.05, 3.63) is 53.9 Å². The van der Waals surface area contributed by atoms with Gasteiger partial charge in [0, 0.05) is 31.4 Å². The van der Waals surface area contributed by atoms with Gasteiger partial charge in [-0.25, -0.2) is 23.1 Å². The molecule has 32 heavy (non-hydrogen) atoms. The van der Waals surface area contributed by atoms with E-state index < -0.39 is 17.7 Å². The number of anilines is 2. The number of aliphatic hydroxyl groups is 1. The number of rotatable bonds is 3. The number of hydrogen-bond acceptors (Lipinski definition) is 5. The van der Waals surface area contributed by atoms with E-state index in [1.165, 1.54) is 6.07 Å². The van der Waals surface area contributed by atoms with Crippen LogP contribution in [0.3, 0.4) is 0 Å². The van der Waals surface area contributed by atoms with E-state index in [9.17, 15) is 18.7 Å². The van der Waals surface area contributed by atoms with Gasteiger partial charge in [0.05, 0.1) is 24.4 Å². The minimum absolute atomic E-state index is 0.0189. The van der Waals surface area contributed by atoms with Crippen LogP contribution < -0.4 is 9.80 Å². The minimum atomic E-state index is -0.477. The van der Waals surface area contributed by atoms with Crippen molar-refractivity contribution in [1.29, 1.82) is 0 Å². The van der Waals surface area contributed by atoms with Gasteiger partial charge < -0.3 is 14.9 Å². The molecule has 2 amide bonds. The van der Waals surface area contributed by atoms with Crippen molar-refractivity contribution in [3.8, 4) is 0 Å². The van der Waals surface area contributed by atoms with Gasteiger partial charge in [0.15, 0.2) is 5.65 Å². The Morgan fingerprint density at radius 2 is 2.00 bits per heavy atom. The van der Waals surface area contributed by atoms with Gasteiger partial charge in [-0.15, -0.1) is 0 Å². The highest BCUT2D eigenvalue weighted by molar-refractivity contribution is 5.98. The van der Waals surface area contributed by atoms with Crippen LogP contribution in [-0.4, -0.2) is 62.4 Å². The molecule has 3 atom stereocenters. The van der Waals surface area contributed by atoms with Crippen LogP contribution in [-0.2, 0) is 0 Å². The molecule has 6 rings (SSSR count).